The van der Waals surface area contributed by atoms with E-state index in [2.05, 4.69) is 11.2 Å². The lowest BCUT2D eigenvalue weighted by atomic mass is 10.2. The van der Waals surface area contributed by atoms with Gasteiger partial charge in [-0.1, -0.05) is 0 Å². The number of aromatic hydroxyl groups is 1. The van der Waals surface area contributed by atoms with Gasteiger partial charge in [0.25, 0.3) is 0 Å². The van der Waals surface area contributed by atoms with Crippen LogP contribution in [0, 0.1) is 11.3 Å². The third-order valence-corrected chi connectivity index (χ3v) is 2.78. The maximum atomic E-state index is 9.24. The number of ether oxygens (including phenoxy) is 1. The third-order valence-electron chi connectivity index (χ3n) is 2.78. The van der Waals surface area contributed by atoms with Gasteiger partial charge in [0.05, 0.1) is 24.6 Å². The zero-order valence-electron chi connectivity index (χ0n) is 8.92. The summed E-state index contributed by atoms with van der Waals surface area (Å²) in [6.45, 7) is 0.904. The number of rotatable bonds is 1. The highest BCUT2D eigenvalue weighted by molar-refractivity contribution is 5.43. The van der Waals surface area contributed by atoms with Crippen molar-refractivity contribution in [3.63, 3.8) is 0 Å². The molecule has 5 heteroatoms. The van der Waals surface area contributed by atoms with Crippen molar-refractivity contribution >= 4 is 0 Å². The van der Waals surface area contributed by atoms with Gasteiger partial charge < -0.3 is 9.84 Å². The predicted molar refractivity (Wildman–Crippen MR) is 58.4 cm³/mol. The van der Waals surface area contributed by atoms with Crippen LogP contribution in [0.15, 0.2) is 24.3 Å². The largest absolute Gasteiger partial charge is 0.508 e. The summed E-state index contributed by atoms with van der Waals surface area (Å²) < 4.78 is 7.02. The average Bonchev–Trinajstić information content (AvgIpc) is 2.91. The monoisotopic (exact) mass is 227 g/mol. The summed E-state index contributed by atoms with van der Waals surface area (Å²) in [4.78, 5) is 0. The van der Waals surface area contributed by atoms with Gasteiger partial charge in [0.1, 0.15) is 11.8 Å². The molecule has 0 fully saturated rings. The second kappa shape index (κ2) is 3.61. The average molecular weight is 227 g/mol. The molecule has 1 aromatic heterocycles. The highest BCUT2D eigenvalue weighted by Gasteiger charge is 2.23. The Bertz CT molecular complexity index is 608. The van der Waals surface area contributed by atoms with Crippen LogP contribution >= 0.6 is 0 Å². The molecule has 0 saturated heterocycles. The lowest BCUT2D eigenvalue weighted by molar-refractivity contribution is 0.130. The first-order chi connectivity index (χ1) is 8.29. The molecule has 0 unspecified atom stereocenters. The molecule has 0 spiro atoms. The fourth-order valence-corrected chi connectivity index (χ4v) is 1.93. The molecular weight excluding hydrogens is 218 g/mol. The summed E-state index contributed by atoms with van der Waals surface area (Å²) in [5.74, 6) is 0.203. The molecule has 1 aromatic carbocycles. The van der Waals surface area contributed by atoms with Crippen molar-refractivity contribution in [2.24, 2.45) is 0 Å². The number of hydrogen-bond acceptors (Lipinski definition) is 4. The molecule has 0 saturated carbocycles. The highest BCUT2D eigenvalue weighted by Crippen LogP contribution is 2.26. The van der Waals surface area contributed by atoms with Crippen molar-refractivity contribution in [1.29, 1.82) is 5.26 Å². The van der Waals surface area contributed by atoms with E-state index in [9.17, 15) is 5.11 Å². The van der Waals surface area contributed by atoms with E-state index in [-0.39, 0.29) is 5.75 Å². The third kappa shape index (κ3) is 1.47. The summed E-state index contributed by atoms with van der Waals surface area (Å²) >= 11 is 0. The van der Waals surface area contributed by atoms with Crippen LogP contribution in [-0.2, 0) is 18.0 Å². The molecule has 2 aromatic rings. The van der Waals surface area contributed by atoms with E-state index >= 15 is 0 Å². The van der Waals surface area contributed by atoms with Crippen molar-refractivity contribution in [3.8, 4) is 17.5 Å². The van der Waals surface area contributed by atoms with Gasteiger partial charge in [-0.25, -0.2) is 4.68 Å². The van der Waals surface area contributed by atoms with Gasteiger partial charge in [-0.2, -0.15) is 10.4 Å². The Kier molecular flexibility index (Phi) is 2.10. The molecule has 2 heterocycles. The molecule has 1 aliphatic heterocycles. The number of benzene rings is 1. The Morgan fingerprint density at radius 3 is 2.76 bits per heavy atom. The van der Waals surface area contributed by atoms with Crippen molar-refractivity contribution in [3.05, 3.63) is 41.2 Å². The molecule has 17 heavy (non-hydrogen) atoms. The summed E-state index contributed by atoms with van der Waals surface area (Å²) in [6, 6.07) is 8.75. The first-order valence-corrected chi connectivity index (χ1v) is 5.17. The summed E-state index contributed by atoms with van der Waals surface area (Å²) in [6.07, 6.45) is 0. The first kappa shape index (κ1) is 9.87. The molecule has 5 nitrogen and oxygen atoms in total. The van der Waals surface area contributed by atoms with Crippen LogP contribution in [-0.4, -0.2) is 14.9 Å². The van der Waals surface area contributed by atoms with Crippen molar-refractivity contribution in [2.75, 3.05) is 0 Å². The number of nitrogens with zero attached hydrogens (tertiary/aromatic N) is 3. The zero-order valence-corrected chi connectivity index (χ0v) is 8.92. The Morgan fingerprint density at radius 1 is 1.29 bits per heavy atom. The minimum Gasteiger partial charge on any atom is -0.508 e. The Balaban J connectivity index is 2.16. The SMILES string of the molecule is N#Cc1nn(-c2ccc(O)cc2)c2c1COC2. The number of phenolic OH excluding ortho intramolecular Hbond substituents is 1. The molecule has 0 aliphatic carbocycles. The minimum atomic E-state index is 0.203. The topological polar surface area (TPSA) is 71.1 Å². The van der Waals surface area contributed by atoms with E-state index < -0.39 is 0 Å². The van der Waals surface area contributed by atoms with Crippen LogP contribution in [0.25, 0.3) is 5.69 Å². The van der Waals surface area contributed by atoms with Crippen LogP contribution in [0.3, 0.4) is 0 Å². The molecule has 0 bridgehead atoms. The quantitative estimate of drug-likeness (QED) is 0.801. The maximum Gasteiger partial charge on any atom is 0.168 e. The Hall–Kier alpha value is -2.32. The maximum absolute atomic E-state index is 9.24. The minimum absolute atomic E-state index is 0.203. The Labute approximate surface area is 97.5 Å². The van der Waals surface area contributed by atoms with E-state index in [0.717, 1.165) is 16.9 Å². The lowest BCUT2D eigenvalue weighted by Crippen LogP contribution is -2.01. The van der Waals surface area contributed by atoms with Crippen LogP contribution in [0.5, 0.6) is 5.75 Å². The van der Waals surface area contributed by atoms with Crippen molar-refractivity contribution in [2.45, 2.75) is 13.2 Å². The van der Waals surface area contributed by atoms with E-state index in [1.807, 2.05) is 0 Å². The molecule has 3 rings (SSSR count). The van der Waals surface area contributed by atoms with E-state index in [4.69, 9.17) is 10.00 Å². The lowest BCUT2D eigenvalue weighted by Gasteiger charge is -2.04. The smallest absolute Gasteiger partial charge is 0.168 e. The summed E-state index contributed by atoms with van der Waals surface area (Å²) in [5.41, 5.74) is 2.99. The normalized spacial score (nSPS) is 13.4. The van der Waals surface area contributed by atoms with Gasteiger partial charge in [0.15, 0.2) is 5.69 Å². The summed E-state index contributed by atoms with van der Waals surface area (Å²) in [5, 5.41) is 22.5. The zero-order chi connectivity index (χ0) is 11.8. The number of phenols is 1. The van der Waals surface area contributed by atoms with Gasteiger partial charge >= 0.3 is 0 Å². The number of aromatic nitrogens is 2. The molecule has 1 N–H and O–H groups in total. The second-order valence-corrected chi connectivity index (χ2v) is 3.81. The molecule has 1 aliphatic rings. The van der Waals surface area contributed by atoms with Gasteiger partial charge in [-0.05, 0) is 24.3 Å². The number of fused-ring (bicyclic) bond motifs is 1. The first-order valence-electron chi connectivity index (χ1n) is 5.17. The molecule has 0 radical (unpaired) electrons. The molecule has 0 amide bonds. The van der Waals surface area contributed by atoms with Crippen LogP contribution in [0.1, 0.15) is 17.0 Å². The van der Waals surface area contributed by atoms with E-state index in [0.29, 0.717) is 18.9 Å². The van der Waals surface area contributed by atoms with Gasteiger partial charge in [-0.3, -0.25) is 0 Å². The fraction of sp³-hybridized carbons (Fsp3) is 0.167. The summed E-state index contributed by atoms with van der Waals surface area (Å²) in [7, 11) is 0. The standard InChI is InChI=1S/C12H9N3O2/c13-5-11-10-6-17-7-12(10)15(14-11)8-1-3-9(16)4-2-8/h1-4,16H,6-7H2. The molecular formula is C12H9N3O2. The van der Waals surface area contributed by atoms with Crippen LogP contribution < -0.4 is 0 Å². The van der Waals surface area contributed by atoms with E-state index in [1.165, 1.54) is 0 Å². The van der Waals surface area contributed by atoms with Gasteiger partial charge in [0, 0.05) is 5.56 Å². The van der Waals surface area contributed by atoms with E-state index in [1.54, 1.807) is 28.9 Å². The van der Waals surface area contributed by atoms with Crippen molar-refractivity contribution in [1.82, 2.24) is 9.78 Å². The molecule has 0 atom stereocenters. The molecule has 84 valence electrons. The predicted octanol–water partition coefficient (Wildman–Crippen LogP) is 1.48. The number of nitriles is 1. The second-order valence-electron chi connectivity index (χ2n) is 3.81. The Morgan fingerprint density at radius 2 is 2.06 bits per heavy atom. The number of hydrogen-bond donors (Lipinski definition) is 1. The van der Waals surface area contributed by atoms with Crippen molar-refractivity contribution < 1.29 is 9.84 Å². The van der Waals surface area contributed by atoms with Gasteiger partial charge in [0.2, 0.25) is 0 Å². The van der Waals surface area contributed by atoms with Crippen LogP contribution in [0.4, 0.5) is 0 Å². The van der Waals surface area contributed by atoms with Gasteiger partial charge in [-0.15, -0.1) is 0 Å². The fourth-order valence-electron chi connectivity index (χ4n) is 1.93. The van der Waals surface area contributed by atoms with Crippen LogP contribution in [0.2, 0.25) is 0 Å². The highest BCUT2D eigenvalue weighted by atomic mass is 16.5.